The van der Waals surface area contributed by atoms with Gasteiger partial charge in [0, 0.05) is 18.7 Å². The maximum Gasteiger partial charge on any atom is 0.243 e. The van der Waals surface area contributed by atoms with Crippen molar-refractivity contribution in [2.24, 2.45) is 0 Å². The third-order valence-corrected chi connectivity index (χ3v) is 5.30. The lowest BCUT2D eigenvalue weighted by Crippen LogP contribution is -2.62. The van der Waals surface area contributed by atoms with E-state index >= 15 is 0 Å². The summed E-state index contributed by atoms with van der Waals surface area (Å²) in [5.74, 6) is -0.103. The highest BCUT2D eigenvalue weighted by molar-refractivity contribution is 7.89. The molecule has 104 valence electrons. The third-order valence-electron chi connectivity index (χ3n) is 3.50. The van der Waals surface area contributed by atoms with E-state index < -0.39 is 15.6 Å². The Balaban J connectivity index is 2.20. The summed E-state index contributed by atoms with van der Waals surface area (Å²) in [6.07, 6.45) is 0.530. The van der Waals surface area contributed by atoms with Gasteiger partial charge in [0.25, 0.3) is 0 Å². The van der Waals surface area contributed by atoms with E-state index in [1.165, 1.54) is 35.5 Å². The van der Waals surface area contributed by atoms with Gasteiger partial charge < -0.3 is 5.11 Å². The molecule has 1 aromatic rings. The molecule has 0 spiro atoms. The number of rotatable bonds is 4. The number of carbonyl (C=O) groups is 1. The van der Waals surface area contributed by atoms with E-state index in [2.05, 4.69) is 0 Å². The number of ketones is 1. The van der Waals surface area contributed by atoms with Crippen LogP contribution in [0.2, 0.25) is 0 Å². The largest absolute Gasteiger partial charge is 0.387 e. The van der Waals surface area contributed by atoms with Crippen molar-refractivity contribution in [1.82, 2.24) is 4.31 Å². The predicted octanol–water partition coefficient (Wildman–Crippen LogP) is 1.03. The minimum Gasteiger partial charge on any atom is -0.387 e. The van der Waals surface area contributed by atoms with Gasteiger partial charge in [0.1, 0.15) is 0 Å². The maximum absolute atomic E-state index is 12.2. The molecule has 0 amide bonds. The SMILES string of the molecule is CCC1(O)CN(S(=O)(=O)c2ccc(C(C)=O)cc2)C1. The van der Waals surface area contributed by atoms with Crippen LogP contribution in [0.3, 0.4) is 0 Å². The first-order valence-electron chi connectivity index (χ1n) is 6.12. The van der Waals surface area contributed by atoms with Crippen molar-refractivity contribution < 1.29 is 18.3 Å². The quantitative estimate of drug-likeness (QED) is 0.838. The molecule has 0 bridgehead atoms. The third kappa shape index (κ3) is 2.56. The molecule has 1 aromatic carbocycles. The fourth-order valence-corrected chi connectivity index (χ4v) is 3.61. The summed E-state index contributed by atoms with van der Waals surface area (Å²) < 4.78 is 25.7. The summed E-state index contributed by atoms with van der Waals surface area (Å²) in [7, 11) is -3.56. The Morgan fingerprint density at radius 2 is 1.84 bits per heavy atom. The zero-order valence-corrected chi connectivity index (χ0v) is 11.8. The smallest absolute Gasteiger partial charge is 0.243 e. The fourth-order valence-electron chi connectivity index (χ4n) is 2.01. The van der Waals surface area contributed by atoms with Crippen molar-refractivity contribution in [3.63, 3.8) is 0 Å². The standard InChI is InChI=1S/C13H17NO4S/c1-3-13(16)8-14(9-13)19(17,18)12-6-4-11(5-7-12)10(2)15/h4-7,16H,3,8-9H2,1-2H3. The average molecular weight is 283 g/mol. The molecule has 0 unspecified atom stereocenters. The van der Waals surface area contributed by atoms with E-state index in [1.807, 2.05) is 6.92 Å². The molecule has 0 saturated carbocycles. The Kier molecular flexibility index (Phi) is 3.51. The Hall–Kier alpha value is -1.24. The van der Waals surface area contributed by atoms with E-state index in [4.69, 9.17) is 0 Å². The molecule has 19 heavy (non-hydrogen) atoms. The first-order chi connectivity index (χ1) is 8.78. The van der Waals surface area contributed by atoms with E-state index in [0.29, 0.717) is 12.0 Å². The summed E-state index contributed by atoms with van der Waals surface area (Å²) in [6.45, 7) is 3.51. The molecule has 1 heterocycles. The maximum atomic E-state index is 12.2. The Bertz CT molecular complexity index is 586. The number of sulfonamides is 1. The van der Waals surface area contributed by atoms with Crippen molar-refractivity contribution in [3.05, 3.63) is 29.8 Å². The topological polar surface area (TPSA) is 74.7 Å². The van der Waals surface area contributed by atoms with Crippen LogP contribution in [0.25, 0.3) is 0 Å². The monoisotopic (exact) mass is 283 g/mol. The number of hydrogen-bond acceptors (Lipinski definition) is 4. The van der Waals surface area contributed by atoms with Crippen LogP contribution in [0, 0.1) is 0 Å². The van der Waals surface area contributed by atoms with Crippen LogP contribution in [0.1, 0.15) is 30.6 Å². The van der Waals surface area contributed by atoms with Crippen LogP contribution in [-0.2, 0) is 10.0 Å². The minimum absolute atomic E-state index is 0.103. The van der Waals surface area contributed by atoms with Gasteiger partial charge >= 0.3 is 0 Å². The van der Waals surface area contributed by atoms with E-state index in [-0.39, 0.29) is 23.8 Å². The van der Waals surface area contributed by atoms with Gasteiger partial charge in [-0.25, -0.2) is 8.42 Å². The first-order valence-corrected chi connectivity index (χ1v) is 7.56. The molecule has 2 rings (SSSR count). The van der Waals surface area contributed by atoms with Gasteiger partial charge in [-0.05, 0) is 25.5 Å². The number of carbonyl (C=O) groups excluding carboxylic acids is 1. The van der Waals surface area contributed by atoms with Crippen LogP contribution in [-0.4, -0.2) is 42.3 Å². The zero-order chi connectivity index (χ0) is 14.3. The molecule has 0 atom stereocenters. The molecule has 1 aliphatic heterocycles. The summed E-state index contributed by atoms with van der Waals surface area (Å²) in [5, 5.41) is 9.87. The van der Waals surface area contributed by atoms with Crippen LogP contribution in [0.5, 0.6) is 0 Å². The fraction of sp³-hybridized carbons (Fsp3) is 0.462. The molecular formula is C13H17NO4S. The molecule has 1 fully saturated rings. The summed E-state index contributed by atoms with van der Waals surface area (Å²) in [4.78, 5) is 11.3. The van der Waals surface area contributed by atoms with Crippen molar-refractivity contribution in [2.75, 3.05) is 13.1 Å². The summed E-state index contributed by atoms with van der Waals surface area (Å²) in [5.41, 5.74) is -0.417. The van der Waals surface area contributed by atoms with Gasteiger partial charge in [-0.3, -0.25) is 4.79 Å². The molecule has 1 N–H and O–H groups in total. The Morgan fingerprint density at radius 3 is 2.26 bits per heavy atom. The predicted molar refractivity (Wildman–Crippen MR) is 70.4 cm³/mol. The van der Waals surface area contributed by atoms with Gasteiger partial charge in [0.2, 0.25) is 10.0 Å². The second kappa shape index (κ2) is 4.70. The van der Waals surface area contributed by atoms with Gasteiger partial charge in [0.05, 0.1) is 10.5 Å². The number of aliphatic hydroxyl groups is 1. The molecule has 1 aliphatic rings. The highest BCUT2D eigenvalue weighted by Crippen LogP contribution is 2.30. The van der Waals surface area contributed by atoms with Gasteiger partial charge in [-0.2, -0.15) is 4.31 Å². The number of benzene rings is 1. The van der Waals surface area contributed by atoms with E-state index in [9.17, 15) is 18.3 Å². The second-order valence-corrected chi connectivity index (χ2v) is 6.87. The van der Waals surface area contributed by atoms with Crippen molar-refractivity contribution in [2.45, 2.75) is 30.8 Å². The Labute approximate surface area is 112 Å². The lowest BCUT2D eigenvalue weighted by Gasteiger charge is -2.44. The normalized spacial score (nSPS) is 18.9. The van der Waals surface area contributed by atoms with Gasteiger partial charge in [-0.1, -0.05) is 19.1 Å². The van der Waals surface area contributed by atoms with Gasteiger partial charge in [0.15, 0.2) is 5.78 Å². The second-order valence-electron chi connectivity index (χ2n) is 4.93. The highest BCUT2D eigenvalue weighted by Gasteiger charge is 2.45. The lowest BCUT2D eigenvalue weighted by atomic mass is 9.94. The molecule has 1 saturated heterocycles. The van der Waals surface area contributed by atoms with Crippen LogP contribution < -0.4 is 0 Å². The minimum atomic E-state index is -3.56. The van der Waals surface area contributed by atoms with Crippen LogP contribution >= 0.6 is 0 Å². The van der Waals surface area contributed by atoms with E-state index in [1.54, 1.807) is 0 Å². The first kappa shape index (κ1) is 14.2. The number of β-amino-alcohol motifs (C(OH)–C–C–N with tert-alkyl or cyclic N) is 1. The van der Waals surface area contributed by atoms with Crippen molar-refractivity contribution in [3.8, 4) is 0 Å². The molecule has 6 heteroatoms. The molecule has 0 aromatic heterocycles. The average Bonchev–Trinajstić information content (AvgIpc) is 2.35. The number of hydrogen-bond donors (Lipinski definition) is 1. The van der Waals surface area contributed by atoms with Crippen molar-refractivity contribution >= 4 is 15.8 Å². The summed E-state index contributed by atoms with van der Waals surface area (Å²) in [6, 6.07) is 5.85. The molecular weight excluding hydrogens is 266 g/mol. The van der Waals surface area contributed by atoms with Crippen LogP contribution in [0.15, 0.2) is 29.2 Å². The number of Topliss-reactive ketones (excluding diaryl/α,β-unsaturated/α-hetero) is 1. The van der Waals surface area contributed by atoms with Crippen LogP contribution in [0.4, 0.5) is 0 Å². The highest BCUT2D eigenvalue weighted by atomic mass is 32.2. The van der Waals surface area contributed by atoms with E-state index in [0.717, 1.165) is 0 Å². The van der Waals surface area contributed by atoms with Crippen molar-refractivity contribution in [1.29, 1.82) is 0 Å². The molecule has 0 radical (unpaired) electrons. The number of nitrogens with zero attached hydrogens (tertiary/aromatic N) is 1. The lowest BCUT2D eigenvalue weighted by molar-refractivity contribution is -0.0613. The summed E-state index contributed by atoms with van der Waals surface area (Å²) >= 11 is 0. The van der Waals surface area contributed by atoms with Gasteiger partial charge in [-0.15, -0.1) is 0 Å². The zero-order valence-electron chi connectivity index (χ0n) is 11.0. The molecule has 0 aliphatic carbocycles. The molecule has 5 nitrogen and oxygen atoms in total. The Morgan fingerprint density at radius 1 is 1.32 bits per heavy atom.